The summed E-state index contributed by atoms with van der Waals surface area (Å²) in [5.74, 6) is 1.95. The summed E-state index contributed by atoms with van der Waals surface area (Å²) >= 11 is 0. The normalized spacial score (nSPS) is 14.3. The van der Waals surface area contributed by atoms with Crippen molar-refractivity contribution in [3.8, 4) is 5.95 Å². The van der Waals surface area contributed by atoms with Gasteiger partial charge in [-0.1, -0.05) is 0 Å². The van der Waals surface area contributed by atoms with Crippen LogP contribution in [0.15, 0.2) is 18.7 Å². The van der Waals surface area contributed by atoms with Crippen molar-refractivity contribution in [1.29, 1.82) is 0 Å². The lowest BCUT2D eigenvalue weighted by molar-refractivity contribution is 0.767. The summed E-state index contributed by atoms with van der Waals surface area (Å²) < 4.78 is 1.80. The fourth-order valence-corrected chi connectivity index (χ4v) is 2.16. The predicted octanol–water partition coefficient (Wildman–Crippen LogP) is 1.48. The van der Waals surface area contributed by atoms with Crippen molar-refractivity contribution in [1.82, 2.24) is 24.5 Å². The van der Waals surface area contributed by atoms with Crippen LogP contribution >= 0.6 is 0 Å². The molecular formula is C13H19N7. The number of nitrogens with zero attached hydrogens (tertiary/aromatic N) is 6. The van der Waals surface area contributed by atoms with Gasteiger partial charge in [0.25, 0.3) is 0 Å². The first-order chi connectivity index (χ1) is 9.81. The standard InChI is InChI=1S/C13H19N7/c1-3-15-11-16-12(19-8-7-14-9-19)18-13(17-11)20(4-2)10-5-6-10/h7-10H,3-6H2,1-2H3,(H,15,16,17,18). The van der Waals surface area contributed by atoms with Gasteiger partial charge < -0.3 is 10.2 Å². The fraction of sp³-hybridized carbons (Fsp3) is 0.538. The Morgan fingerprint density at radius 1 is 1.30 bits per heavy atom. The summed E-state index contributed by atoms with van der Waals surface area (Å²) in [6, 6.07) is 0.576. The molecule has 7 nitrogen and oxygen atoms in total. The summed E-state index contributed by atoms with van der Waals surface area (Å²) in [6.45, 7) is 5.84. The predicted molar refractivity (Wildman–Crippen MR) is 77.2 cm³/mol. The molecule has 7 heteroatoms. The highest BCUT2D eigenvalue weighted by atomic mass is 15.4. The molecule has 0 amide bonds. The highest BCUT2D eigenvalue weighted by Crippen LogP contribution is 2.29. The van der Waals surface area contributed by atoms with E-state index in [0.717, 1.165) is 19.0 Å². The van der Waals surface area contributed by atoms with Gasteiger partial charge in [0.2, 0.25) is 17.8 Å². The molecule has 106 valence electrons. The monoisotopic (exact) mass is 273 g/mol. The maximum absolute atomic E-state index is 4.58. The van der Waals surface area contributed by atoms with E-state index in [1.54, 1.807) is 17.1 Å². The molecule has 20 heavy (non-hydrogen) atoms. The summed E-state index contributed by atoms with van der Waals surface area (Å²) in [6.07, 6.45) is 7.69. The van der Waals surface area contributed by atoms with Crippen LogP contribution in [-0.2, 0) is 0 Å². The maximum Gasteiger partial charge on any atom is 0.241 e. The topological polar surface area (TPSA) is 71.8 Å². The van der Waals surface area contributed by atoms with Gasteiger partial charge in [0.05, 0.1) is 0 Å². The molecule has 0 spiro atoms. The maximum atomic E-state index is 4.58. The van der Waals surface area contributed by atoms with Gasteiger partial charge in [-0.05, 0) is 26.7 Å². The third kappa shape index (κ3) is 2.56. The number of anilines is 2. The molecule has 2 aromatic heterocycles. The van der Waals surface area contributed by atoms with Crippen LogP contribution in [-0.4, -0.2) is 43.6 Å². The third-order valence-electron chi connectivity index (χ3n) is 3.27. The van der Waals surface area contributed by atoms with Crippen LogP contribution < -0.4 is 10.2 Å². The van der Waals surface area contributed by atoms with Gasteiger partial charge in [-0.15, -0.1) is 0 Å². The minimum atomic E-state index is 0.576. The molecule has 0 aliphatic heterocycles. The Bertz CT molecular complexity index is 562. The molecule has 1 fully saturated rings. The minimum absolute atomic E-state index is 0.576. The van der Waals surface area contributed by atoms with E-state index >= 15 is 0 Å². The molecule has 0 bridgehead atoms. The van der Waals surface area contributed by atoms with Crippen molar-refractivity contribution in [2.45, 2.75) is 32.7 Å². The van der Waals surface area contributed by atoms with E-state index in [1.165, 1.54) is 12.8 Å². The molecule has 1 aliphatic rings. The summed E-state index contributed by atoms with van der Waals surface area (Å²) in [4.78, 5) is 19.8. The van der Waals surface area contributed by atoms with Crippen molar-refractivity contribution in [3.63, 3.8) is 0 Å². The van der Waals surface area contributed by atoms with Crippen LogP contribution in [0.1, 0.15) is 26.7 Å². The van der Waals surface area contributed by atoms with Gasteiger partial charge in [-0.3, -0.25) is 4.57 Å². The zero-order chi connectivity index (χ0) is 13.9. The average molecular weight is 273 g/mol. The van der Waals surface area contributed by atoms with E-state index in [0.29, 0.717) is 17.9 Å². The van der Waals surface area contributed by atoms with Crippen LogP contribution in [0.5, 0.6) is 0 Å². The van der Waals surface area contributed by atoms with Gasteiger partial charge in [-0.25, -0.2) is 4.98 Å². The minimum Gasteiger partial charge on any atom is -0.354 e. The molecule has 0 radical (unpaired) electrons. The second-order valence-electron chi connectivity index (χ2n) is 4.78. The lowest BCUT2D eigenvalue weighted by Gasteiger charge is -2.21. The molecular weight excluding hydrogens is 254 g/mol. The molecule has 1 N–H and O–H groups in total. The Morgan fingerprint density at radius 3 is 2.75 bits per heavy atom. The molecule has 3 rings (SSSR count). The lowest BCUT2D eigenvalue weighted by atomic mass is 10.5. The number of hydrogen-bond donors (Lipinski definition) is 1. The van der Waals surface area contributed by atoms with Crippen molar-refractivity contribution < 1.29 is 0 Å². The van der Waals surface area contributed by atoms with E-state index in [9.17, 15) is 0 Å². The van der Waals surface area contributed by atoms with Gasteiger partial charge >= 0.3 is 0 Å². The molecule has 0 saturated heterocycles. The first-order valence-electron chi connectivity index (χ1n) is 7.06. The van der Waals surface area contributed by atoms with Crippen molar-refractivity contribution in [3.05, 3.63) is 18.7 Å². The van der Waals surface area contributed by atoms with Gasteiger partial charge in [0, 0.05) is 31.5 Å². The number of rotatable bonds is 6. The molecule has 1 aliphatic carbocycles. The Kier molecular flexibility index (Phi) is 3.49. The van der Waals surface area contributed by atoms with Crippen LogP contribution in [0.3, 0.4) is 0 Å². The van der Waals surface area contributed by atoms with Crippen LogP contribution in [0.25, 0.3) is 5.95 Å². The second-order valence-corrected chi connectivity index (χ2v) is 4.78. The van der Waals surface area contributed by atoms with E-state index in [2.05, 4.69) is 37.1 Å². The van der Waals surface area contributed by atoms with Crippen LogP contribution in [0.2, 0.25) is 0 Å². The largest absolute Gasteiger partial charge is 0.354 e. The summed E-state index contributed by atoms with van der Waals surface area (Å²) in [5.41, 5.74) is 0. The number of nitrogens with one attached hydrogen (secondary N) is 1. The van der Waals surface area contributed by atoms with Gasteiger partial charge in [-0.2, -0.15) is 15.0 Å². The first-order valence-corrected chi connectivity index (χ1v) is 7.06. The number of aromatic nitrogens is 5. The molecule has 0 atom stereocenters. The van der Waals surface area contributed by atoms with E-state index in [1.807, 2.05) is 13.1 Å². The summed E-state index contributed by atoms with van der Waals surface area (Å²) in [5, 5.41) is 3.17. The Hall–Kier alpha value is -2.18. The summed E-state index contributed by atoms with van der Waals surface area (Å²) in [7, 11) is 0. The van der Waals surface area contributed by atoms with E-state index in [4.69, 9.17) is 0 Å². The second kappa shape index (κ2) is 5.44. The van der Waals surface area contributed by atoms with Crippen LogP contribution in [0, 0.1) is 0 Å². The zero-order valence-electron chi connectivity index (χ0n) is 11.8. The smallest absolute Gasteiger partial charge is 0.241 e. The first kappa shape index (κ1) is 12.8. The van der Waals surface area contributed by atoms with E-state index in [-0.39, 0.29) is 0 Å². The number of imidazole rings is 1. The van der Waals surface area contributed by atoms with Crippen molar-refractivity contribution in [2.24, 2.45) is 0 Å². The van der Waals surface area contributed by atoms with Crippen LogP contribution in [0.4, 0.5) is 11.9 Å². The molecule has 2 aromatic rings. The Morgan fingerprint density at radius 2 is 2.15 bits per heavy atom. The molecule has 0 unspecified atom stereocenters. The Balaban J connectivity index is 1.99. The highest BCUT2D eigenvalue weighted by molar-refractivity contribution is 5.42. The van der Waals surface area contributed by atoms with Gasteiger partial charge in [0.1, 0.15) is 6.33 Å². The highest BCUT2D eigenvalue weighted by Gasteiger charge is 2.30. The lowest BCUT2D eigenvalue weighted by Crippen LogP contribution is -2.28. The van der Waals surface area contributed by atoms with E-state index < -0.39 is 0 Å². The average Bonchev–Trinajstić information content (AvgIpc) is 3.13. The van der Waals surface area contributed by atoms with Crippen molar-refractivity contribution in [2.75, 3.05) is 23.3 Å². The van der Waals surface area contributed by atoms with Gasteiger partial charge in [0.15, 0.2) is 0 Å². The zero-order valence-corrected chi connectivity index (χ0v) is 11.8. The SMILES string of the molecule is CCNc1nc(N(CC)C2CC2)nc(-n2ccnc2)n1. The van der Waals surface area contributed by atoms with Crippen molar-refractivity contribution >= 4 is 11.9 Å². The quantitative estimate of drug-likeness (QED) is 0.859. The Labute approximate surface area is 118 Å². The molecule has 0 aromatic carbocycles. The number of hydrogen-bond acceptors (Lipinski definition) is 6. The third-order valence-corrected chi connectivity index (χ3v) is 3.27. The molecule has 2 heterocycles. The fourth-order valence-electron chi connectivity index (χ4n) is 2.16. The molecule has 1 saturated carbocycles.